The Labute approximate surface area is 98.2 Å². The molecule has 7 heteroatoms. The molecule has 0 aliphatic heterocycles. The van der Waals surface area contributed by atoms with Crippen molar-refractivity contribution in [1.82, 2.24) is 20.2 Å². The molecule has 15 heavy (non-hydrogen) atoms. The standard InChI is InChI=1S/C8H5BrClFN4/c9-5-2-1-3-6(11)8(5)15-7(4-10)12-13-14-15/h1-3H,4H2. The molecule has 0 amide bonds. The molecule has 4 nitrogen and oxygen atoms in total. The molecule has 0 unspecified atom stereocenters. The maximum Gasteiger partial charge on any atom is 0.171 e. The van der Waals surface area contributed by atoms with Crippen molar-refractivity contribution >= 4 is 27.5 Å². The van der Waals surface area contributed by atoms with Gasteiger partial charge in [0.15, 0.2) is 5.82 Å². The first-order valence-corrected chi connectivity index (χ1v) is 5.34. The Morgan fingerprint density at radius 2 is 2.27 bits per heavy atom. The van der Waals surface area contributed by atoms with Crippen molar-refractivity contribution in [2.45, 2.75) is 5.88 Å². The van der Waals surface area contributed by atoms with Crippen LogP contribution in [0.25, 0.3) is 5.69 Å². The highest BCUT2D eigenvalue weighted by atomic mass is 79.9. The van der Waals surface area contributed by atoms with Crippen LogP contribution in [0.2, 0.25) is 0 Å². The van der Waals surface area contributed by atoms with Crippen LogP contribution >= 0.6 is 27.5 Å². The highest BCUT2D eigenvalue weighted by Crippen LogP contribution is 2.23. The van der Waals surface area contributed by atoms with Gasteiger partial charge < -0.3 is 0 Å². The number of rotatable bonds is 2. The van der Waals surface area contributed by atoms with E-state index in [0.717, 1.165) is 0 Å². The van der Waals surface area contributed by atoms with Gasteiger partial charge in [-0.3, -0.25) is 0 Å². The first-order valence-electron chi connectivity index (χ1n) is 4.01. The molecular formula is C8H5BrClFN4. The largest absolute Gasteiger partial charge is 0.205 e. The molecule has 0 N–H and O–H groups in total. The third-order valence-corrected chi connectivity index (χ3v) is 2.68. The molecule has 2 rings (SSSR count). The number of alkyl halides is 1. The van der Waals surface area contributed by atoms with Gasteiger partial charge in [0.05, 0.1) is 5.88 Å². The monoisotopic (exact) mass is 290 g/mol. The Kier molecular flexibility index (Phi) is 2.97. The fourth-order valence-electron chi connectivity index (χ4n) is 1.15. The summed E-state index contributed by atoms with van der Waals surface area (Å²) in [5.74, 6) is 0.0961. The first kappa shape index (κ1) is 10.5. The van der Waals surface area contributed by atoms with E-state index in [1.54, 1.807) is 12.1 Å². The Morgan fingerprint density at radius 1 is 1.47 bits per heavy atom. The van der Waals surface area contributed by atoms with E-state index < -0.39 is 5.82 Å². The minimum atomic E-state index is -0.414. The number of halogens is 3. The topological polar surface area (TPSA) is 43.6 Å². The average Bonchev–Trinajstić information content (AvgIpc) is 2.65. The van der Waals surface area contributed by atoms with E-state index >= 15 is 0 Å². The molecule has 0 saturated carbocycles. The Hall–Kier alpha value is -1.01. The Balaban J connectivity index is 2.63. The zero-order valence-electron chi connectivity index (χ0n) is 7.36. The minimum Gasteiger partial charge on any atom is -0.205 e. The summed E-state index contributed by atoms with van der Waals surface area (Å²) in [6.07, 6.45) is 0. The van der Waals surface area contributed by atoms with Gasteiger partial charge in [-0.05, 0) is 38.5 Å². The number of para-hydroxylation sites is 1. The minimum absolute atomic E-state index is 0.119. The molecule has 78 valence electrons. The molecule has 0 spiro atoms. The highest BCUT2D eigenvalue weighted by Gasteiger charge is 2.14. The lowest BCUT2D eigenvalue weighted by Crippen LogP contribution is -2.05. The van der Waals surface area contributed by atoms with Gasteiger partial charge in [-0.2, -0.15) is 4.68 Å². The predicted molar refractivity (Wildman–Crippen MR) is 56.4 cm³/mol. The van der Waals surface area contributed by atoms with Gasteiger partial charge in [-0.1, -0.05) is 6.07 Å². The van der Waals surface area contributed by atoms with E-state index in [1.807, 2.05) is 0 Å². The van der Waals surface area contributed by atoms with Crippen LogP contribution in [0.3, 0.4) is 0 Å². The lowest BCUT2D eigenvalue weighted by molar-refractivity contribution is 0.602. The van der Waals surface area contributed by atoms with Crippen LogP contribution in [0.4, 0.5) is 4.39 Å². The van der Waals surface area contributed by atoms with E-state index in [1.165, 1.54) is 10.7 Å². The van der Waals surface area contributed by atoms with Gasteiger partial charge in [0, 0.05) is 4.47 Å². The summed E-state index contributed by atoms with van der Waals surface area (Å²) < 4.78 is 15.4. The zero-order valence-corrected chi connectivity index (χ0v) is 9.70. The van der Waals surface area contributed by atoms with Gasteiger partial charge in [-0.15, -0.1) is 16.7 Å². The third-order valence-electron chi connectivity index (χ3n) is 1.80. The van der Waals surface area contributed by atoms with Crippen LogP contribution < -0.4 is 0 Å². The predicted octanol–water partition coefficient (Wildman–Crippen LogP) is 2.30. The average molecular weight is 292 g/mol. The van der Waals surface area contributed by atoms with Crippen LogP contribution in [0.15, 0.2) is 22.7 Å². The van der Waals surface area contributed by atoms with Crippen molar-refractivity contribution in [2.75, 3.05) is 0 Å². The zero-order chi connectivity index (χ0) is 10.8. The molecule has 2 aromatic rings. The summed E-state index contributed by atoms with van der Waals surface area (Å²) in [6.45, 7) is 0. The second-order valence-corrected chi connectivity index (χ2v) is 3.83. The number of tetrazole rings is 1. The number of benzene rings is 1. The van der Waals surface area contributed by atoms with Crippen molar-refractivity contribution in [3.05, 3.63) is 34.3 Å². The van der Waals surface area contributed by atoms with E-state index in [-0.39, 0.29) is 11.6 Å². The molecule has 0 radical (unpaired) electrons. The summed E-state index contributed by atoms with van der Waals surface area (Å²) >= 11 is 8.86. The SMILES string of the molecule is Fc1cccc(Br)c1-n1nnnc1CCl. The smallest absolute Gasteiger partial charge is 0.171 e. The van der Waals surface area contributed by atoms with Gasteiger partial charge in [-0.25, -0.2) is 4.39 Å². The highest BCUT2D eigenvalue weighted by molar-refractivity contribution is 9.10. The van der Waals surface area contributed by atoms with Gasteiger partial charge >= 0.3 is 0 Å². The van der Waals surface area contributed by atoms with E-state index in [4.69, 9.17) is 11.6 Å². The van der Waals surface area contributed by atoms with Crippen LogP contribution in [0.1, 0.15) is 5.82 Å². The molecule has 1 aromatic carbocycles. The summed E-state index contributed by atoms with van der Waals surface area (Å²) in [5.41, 5.74) is 0.262. The third kappa shape index (κ3) is 1.87. The molecule has 1 aromatic heterocycles. The number of hydrogen-bond donors (Lipinski definition) is 0. The van der Waals surface area contributed by atoms with Crippen molar-refractivity contribution in [3.63, 3.8) is 0 Å². The van der Waals surface area contributed by atoms with Crippen LogP contribution in [0.5, 0.6) is 0 Å². The van der Waals surface area contributed by atoms with Crippen molar-refractivity contribution in [2.24, 2.45) is 0 Å². The maximum absolute atomic E-state index is 13.5. The molecular weight excluding hydrogens is 286 g/mol. The number of hydrogen-bond acceptors (Lipinski definition) is 3. The van der Waals surface area contributed by atoms with E-state index in [9.17, 15) is 4.39 Å². The maximum atomic E-state index is 13.5. The molecule has 0 aliphatic rings. The van der Waals surface area contributed by atoms with Crippen LogP contribution in [-0.2, 0) is 5.88 Å². The summed E-state index contributed by atoms with van der Waals surface area (Å²) in [6, 6.07) is 4.63. The number of aromatic nitrogens is 4. The number of nitrogens with zero attached hydrogens (tertiary/aromatic N) is 4. The lowest BCUT2D eigenvalue weighted by atomic mass is 10.3. The first-order chi connectivity index (χ1) is 7.24. The van der Waals surface area contributed by atoms with Gasteiger partial charge in [0.1, 0.15) is 11.5 Å². The molecule has 0 atom stereocenters. The second-order valence-electron chi connectivity index (χ2n) is 2.71. The fourth-order valence-corrected chi connectivity index (χ4v) is 1.83. The molecule has 0 bridgehead atoms. The van der Waals surface area contributed by atoms with Crippen molar-refractivity contribution in [3.8, 4) is 5.69 Å². The second kappa shape index (κ2) is 4.24. The lowest BCUT2D eigenvalue weighted by Gasteiger charge is -2.05. The summed E-state index contributed by atoms with van der Waals surface area (Å²) in [7, 11) is 0. The summed E-state index contributed by atoms with van der Waals surface area (Å²) in [4.78, 5) is 0. The molecule has 1 heterocycles. The van der Waals surface area contributed by atoms with Crippen LogP contribution in [0, 0.1) is 5.82 Å². The Bertz CT molecular complexity index is 467. The van der Waals surface area contributed by atoms with Crippen LogP contribution in [-0.4, -0.2) is 20.2 Å². The van der Waals surface area contributed by atoms with Crippen molar-refractivity contribution in [1.29, 1.82) is 0 Å². The van der Waals surface area contributed by atoms with Gasteiger partial charge in [0.2, 0.25) is 0 Å². The normalized spacial score (nSPS) is 10.6. The molecule has 0 fully saturated rings. The van der Waals surface area contributed by atoms with E-state index in [2.05, 4.69) is 31.5 Å². The molecule has 0 aliphatic carbocycles. The van der Waals surface area contributed by atoms with Crippen molar-refractivity contribution < 1.29 is 4.39 Å². The summed E-state index contributed by atoms with van der Waals surface area (Å²) in [5, 5.41) is 10.8. The van der Waals surface area contributed by atoms with E-state index in [0.29, 0.717) is 10.3 Å². The molecule has 0 saturated heterocycles. The quantitative estimate of drug-likeness (QED) is 0.798. The Morgan fingerprint density at radius 3 is 2.93 bits per heavy atom. The van der Waals surface area contributed by atoms with Gasteiger partial charge in [0.25, 0.3) is 0 Å². The fraction of sp³-hybridized carbons (Fsp3) is 0.125.